The van der Waals surface area contributed by atoms with Crippen molar-refractivity contribution in [1.82, 2.24) is 0 Å². The summed E-state index contributed by atoms with van der Waals surface area (Å²) in [5.74, 6) is 0. The fourth-order valence-electron chi connectivity index (χ4n) is 0.346. The minimum absolute atomic E-state index is 0. The summed E-state index contributed by atoms with van der Waals surface area (Å²) in [5.41, 5.74) is 0. The molecule has 0 aliphatic carbocycles. The van der Waals surface area contributed by atoms with E-state index in [0.29, 0.717) is 0 Å². The molecule has 2 heteroatoms. The number of rotatable bonds is 0. The first kappa shape index (κ1) is 7.28. The van der Waals surface area contributed by atoms with E-state index in [1.807, 2.05) is 18.2 Å². The van der Waals surface area contributed by atoms with Gasteiger partial charge in [0.05, 0.1) is 6.26 Å². The first-order chi connectivity index (χ1) is 3.00. The molecule has 1 rings (SSSR count). The van der Waals surface area contributed by atoms with E-state index in [1.165, 1.54) is 0 Å². The second kappa shape index (κ2) is 4.44. The number of hydrogen-bond acceptors (Lipinski definition) is 1. The molecule has 1 heterocycles. The fourth-order valence-corrected chi connectivity index (χ4v) is 0.346. The van der Waals surface area contributed by atoms with Gasteiger partial charge in [-0.15, -0.1) is 0 Å². The van der Waals surface area contributed by atoms with Crippen molar-refractivity contribution in [3.63, 3.8) is 0 Å². The molecule has 34 valence electrons. The van der Waals surface area contributed by atoms with Gasteiger partial charge in [-0.3, -0.25) is 0 Å². The van der Waals surface area contributed by atoms with Crippen LogP contribution in [0.4, 0.5) is 0 Å². The van der Waals surface area contributed by atoms with Gasteiger partial charge in [-0.25, -0.2) is 0 Å². The SMILES string of the molecule is C1=CCOC=C1.[NaH]. The first-order valence-corrected chi connectivity index (χ1v) is 1.93. The van der Waals surface area contributed by atoms with Crippen molar-refractivity contribution >= 4 is 29.6 Å². The van der Waals surface area contributed by atoms with E-state index < -0.39 is 0 Å². The van der Waals surface area contributed by atoms with Crippen LogP contribution in [0.5, 0.6) is 0 Å². The van der Waals surface area contributed by atoms with Crippen LogP contribution in [0, 0.1) is 0 Å². The molecule has 0 aromatic carbocycles. The summed E-state index contributed by atoms with van der Waals surface area (Å²) in [6, 6.07) is 0. The van der Waals surface area contributed by atoms with Gasteiger partial charge in [-0.05, 0) is 12.2 Å². The Kier molecular flexibility index (Phi) is 4.62. The van der Waals surface area contributed by atoms with Crippen LogP contribution in [0.1, 0.15) is 0 Å². The predicted molar refractivity (Wildman–Crippen MR) is 31.4 cm³/mol. The molecule has 0 saturated heterocycles. The van der Waals surface area contributed by atoms with Crippen molar-refractivity contribution in [3.05, 3.63) is 24.5 Å². The van der Waals surface area contributed by atoms with Crippen molar-refractivity contribution in [2.75, 3.05) is 6.61 Å². The van der Waals surface area contributed by atoms with Gasteiger partial charge in [0.15, 0.2) is 0 Å². The van der Waals surface area contributed by atoms with Gasteiger partial charge >= 0.3 is 29.6 Å². The van der Waals surface area contributed by atoms with Gasteiger partial charge < -0.3 is 4.74 Å². The fraction of sp³-hybridized carbons (Fsp3) is 0.200. The average Bonchev–Trinajstić information content (AvgIpc) is 1.72. The van der Waals surface area contributed by atoms with Gasteiger partial charge in [-0.2, -0.15) is 0 Å². The van der Waals surface area contributed by atoms with Crippen LogP contribution < -0.4 is 0 Å². The van der Waals surface area contributed by atoms with E-state index in [2.05, 4.69) is 0 Å². The quantitative estimate of drug-likeness (QED) is 0.407. The normalized spacial score (nSPS) is 14.9. The van der Waals surface area contributed by atoms with Crippen molar-refractivity contribution in [2.24, 2.45) is 0 Å². The van der Waals surface area contributed by atoms with Crippen LogP contribution in [-0.2, 0) is 4.74 Å². The molecule has 0 unspecified atom stereocenters. The third-order valence-electron chi connectivity index (χ3n) is 0.614. The molecule has 0 spiro atoms. The molecule has 0 radical (unpaired) electrons. The number of ether oxygens (including phenoxy) is 1. The van der Waals surface area contributed by atoms with Gasteiger partial charge in [-0.1, -0.05) is 6.08 Å². The third kappa shape index (κ3) is 2.92. The van der Waals surface area contributed by atoms with Crippen LogP contribution in [0.3, 0.4) is 0 Å². The van der Waals surface area contributed by atoms with E-state index in [1.54, 1.807) is 6.26 Å². The molecule has 0 N–H and O–H groups in total. The molecule has 1 aliphatic rings. The Morgan fingerprint density at radius 1 is 1.29 bits per heavy atom. The first-order valence-electron chi connectivity index (χ1n) is 1.93. The Hall–Kier alpha value is 0.280. The molecule has 0 fully saturated rings. The zero-order valence-corrected chi connectivity index (χ0v) is 3.42. The molecular weight excluding hydrogens is 99.0 g/mol. The van der Waals surface area contributed by atoms with Crippen LogP contribution >= 0.6 is 0 Å². The Labute approximate surface area is 65.3 Å². The molecule has 0 amide bonds. The second-order valence-electron chi connectivity index (χ2n) is 1.09. The maximum atomic E-state index is 4.80. The molecule has 7 heavy (non-hydrogen) atoms. The van der Waals surface area contributed by atoms with Crippen molar-refractivity contribution in [2.45, 2.75) is 0 Å². The van der Waals surface area contributed by atoms with Crippen molar-refractivity contribution < 1.29 is 4.74 Å². The molecule has 0 bridgehead atoms. The Morgan fingerprint density at radius 2 is 2.14 bits per heavy atom. The van der Waals surface area contributed by atoms with Gasteiger partial charge in [0, 0.05) is 0 Å². The Balaban J connectivity index is 0.000000360. The molecule has 1 aliphatic heterocycles. The molecule has 1 nitrogen and oxygen atoms in total. The summed E-state index contributed by atoms with van der Waals surface area (Å²) < 4.78 is 4.80. The van der Waals surface area contributed by atoms with E-state index in [0.717, 1.165) is 6.61 Å². The molecular formula is C5H7NaO. The van der Waals surface area contributed by atoms with Crippen molar-refractivity contribution in [1.29, 1.82) is 0 Å². The molecule has 0 aromatic rings. The topological polar surface area (TPSA) is 9.23 Å². The standard InChI is InChI=1S/C5H6O.Na.H/c1-2-4-6-5-3-1;;/h1-4H,5H2;;. The van der Waals surface area contributed by atoms with Crippen LogP contribution in [0.15, 0.2) is 24.5 Å². The minimum atomic E-state index is 0. The summed E-state index contributed by atoms with van der Waals surface area (Å²) in [5, 5.41) is 0. The van der Waals surface area contributed by atoms with Gasteiger partial charge in [0.2, 0.25) is 0 Å². The predicted octanol–water partition coefficient (Wildman–Crippen LogP) is 0.438. The Bertz CT molecular complexity index is 74.1. The van der Waals surface area contributed by atoms with E-state index >= 15 is 0 Å². The number of allylic oxidation sites excluding steroid dienone is 2. The summed E-state index contributed by atoms with van der Waals surface area (Å²) >= 11 is 0. The van der Waals surface area contributed by atoms with Gasteiger partial charge in [0.1, 0.15) is 6.61 Å². The van der Waals surface area contributed by atoms with Crippen LogP contribution in [0.2, 0.25) is 0 Å². The summed E-state index contributed by atoms with van der Waals surface area (Å²) in [4.78, 5) is 0. The average molecular weight is 106 g/mol. The Morgan fingerprint density at radius 3 is 2.29 bits per heavy atom. The summed E-state index contributed by atoms with van der Waals surface area (Å²) in [6.45, 7) is 0.733. The van der Waals surface area contributed by atoms with E-state index in [9.17, 15) is 0 Å². The maximum absolute atomic E-state index is 4.80. The van der Waals surface area contributed by atoms with Crippen LogP contribution in [-0.4, -0.2) is 36.2 Å². The second-order valence-corrected chi connectivity index (χ2v) is 1.09. The molecule has 0 atom stereocenters. The zero-order chi connectivity index (χ0) is 4.24. The van der Waals surface area contributed by atoms with Crippen molar-refractivity contribution in [3.8, 4) is 0 Å². The summed E-state index contributed by atoms with van der Waals surface area (Å²) in [6.07, 6.45) is 7.47. The monoisotopic (exact) mass is 106 g/mol. The summed E-state index contributed by atoms with van der Waals surface area (Å²) in [7, 11) is 0. The number of hydrogen-bond donors (Lipinski definition) is 0. The molecule has 0 saturated carbocycles. The third-order valence-corrected chi connectivity index (χ3v) is 0.614. The van der Waals surface area contributed by atoms with Crippen LogP contribution in [0.25, 0.3) is 0 Å². The van der Waals surface area contributed by atoms with Gasteiger partial charge in [0.25, 0.3) is 0 Å². The zero-order valence-electron chi connectivity index (χ0n) is 3.42. The van der Waals surface area contributed by atoms with E-state index in [4.69, 9.17) is 4.74 Å². The van der Waals surface area contributed by atoms with E-state index in [-0.39, 0.29) is 29.6 Å². The molecule has 0 aromatic heterocycles.